The van der Waals surface area contributed by atoms with E-state index in [-0.39, 0.29) is 12.5 Å². The molecule has 0 saturated heterocycles. The van der Waals surface area contributed by atoms with Gasteiger partial charge < -0.3 is 15.2 Å². The molecule has 0 heterocycles. The number of amides is 1. The predicted molar refractivity (Wildman–Crippen MR) is 70.6 cm³/mol. The zero-order valence-electron chi connectivity index (χ0n) is 11.2. The summed E-state index contributed by atoms with van der Waals surface area (Å²) in [5.41, 5.74) is 0.532. The normalized spacial score (nSPS) is 11.1. The van der Waals surface area contributed by atoms with E-state index in [1.807, 2.05) is 24.3 Å². The molecule has 0 aliphatic heterocycles. The van der Waals surface area contributed by atoms with E-state index in [9.17, 15) is 4.79 Å². The highest BCUT2D eigenvalue weighted by atomic mass is 16.5. The second-order valence-electron chi connectivity index (χ2n) is 4.94. The second-order valence-corrected chi connectivity index (χ2v) is 4.94. The average Bonchev–Trinajstić information content (AvgIpc) is 2.36. The van der Waals surface area contributed by atoms with Gasteiger partial charge in [0.1, 0.15) is 5.75 Å². The van der Waals surface area contributed by atoms with Gasteiger partial charge >= 0.3 is 0 Å². The van der Waals surface area contributed by atoms with Crippen molar-refractivity contribution in [2.75, 3.05) is 13.7 Å². The lowest BCUT2D eigenvalue weighted by Crippen LogP contribution is -2.46. The number of methoxy groups -OCH3 is 1. The van der Waals surface area contributed by atoms with Crippen LogP contribution in [0.1, 0.15) is 25.8 Å². The van der Waals surface area contributed by atoms with Crippen molar-refractivity contribution in [2.24, 2.45) is 0 Å². The third kappa shape index (κ3) is 4.75. The van der Waals surface area contributed by atoms with Crippen LogP contribution in [0, 0.1) is 0 Å². The summed E-state index contributed by atoms with van der Waals surface area (Å²) in [6.07, 6.45) is 1.09. The van der Waals surface area contributed by atoms with Crippen molar-refractivity contribution in [2.45, 2.75) is 32.2 Å². The molecular weight excluding hydrogens is 230 g/mol. The number of hydrogen-bond acceptors (Lipinski definition) is 3. The molecule has 18 heavy (non-hydrogen) atoms. The summed E-state index contributed by atoms with van der Waals surface area (Å²) in [6.45, 7) is 3.51. The number of aliphatic hydroxyl groups excluding tert-OH is 1. The van der Waals surface area contributed by atoms with Crippen LogP contribution in [0.2, 0.25) is 0 Å². The number of hydrogen-bond donors (Lipinski definition) is 2. The number of carbonyl (C=O) groups excluding carboxylic acids is 1. The van der Waals surface area contributed by atoms with Crippen molar-refractivity contribution < 1.29 is 14.6 Å². The summed E-state index contributed by atoms with van der Waals surface area (Å²) in [5, 5.41) is 11.8. The summed E-state index contributed by atoms with van der Waals surface area (Å²) in [6, 6.07) is 7.66. The average molecular weight is 251 g/mol. The molecule has 1 amide bonds. The van der Waals surface area contributed by atoms with E-state index in [4.69, 9.17) is 9.84 Å². The smallest absolute Gasteiger partial charge is 0.220 e. The number of nitrogens with one attached hydrogen (secondary N) is 1. The van der Waals surface area contributed by atoms with Gasteiger partial charge in [-0.1, -0.05) is 12.1 Å². The maximum absolute atomic E-state index is 11.7. The molecule has 0 bridgehead atoms. The zero-order chi connectivity index (χ0) is 13.6. The number of rotatable bonds is 6. The van der Waals surface area contributed by atoms with E-state index in [1.54, 1.807) is 21.0 Å². The largest absolute Gasteiger partial charge is 0.497 e. The second kappa shape index (κ2) is 6.40. The molecule has 0 saturated carbocycles. The molecule has 0 aromatic heterocycles. The Hall–Kier alpha value is -1.55. The van der Waals surface area contributed by atoms with Crippen LogP contribution < -0.4 is 10.1 Å². The fourth-order valence-corrected chi connectivity index (χ4v) is 1.53. The van der Waals surface area contributed by atoms with Crippen LogP contribution in [0.4, 0.5) is 0 Å². The summed E-state index contributed by atoms with van der Waals surface area (Å²) in [5.74, 6) is 0.759. The van der Waals surface area contributed by atoms with Gasteiger partial charge in [-0.05, 0) is 38.0 Å². The van der Waals surface area contributed by atoms with Crippen LogP contribution in [0.25, 0.3) is 0 Å². The van der Waals surface area contributed by atoms with E-state index < -0.39 is 5.54 Å². The Morgan fingerprint density at radius 1 is 1.33 bits per heavy atom. The van der Waals surface area contributed by atoms with Gasteiger partial charge in [-0.15, -0.1) is 0 Å². The highest BCUT2D eigenvalue weighted by Crippen LogP contribution is 2.12. The van der Waals surface area contributed by atoms with Crippen molar-refractivity contribution in [3.05, 3.63) is 29.8 Å². The van der Waals surface area contributed by atoms with E-state index in [1.165, 1.54) is 0 Å². The van der Waals surface area contributed by atoms with Crippen molar-refractivity contribution >= 4 is 5.91 Å². The van der Waals surface area contributed by atoms with Gasteiger partial charge in [0.2, 0.25) is 5.91 Å². The van der Waals surface area contributed by atoms with Crippen LogP contribution in [0.3, 0.4) is 0 Å². The van der Waals surface area contributed by atoms with E-state index in [2.05, 4.69) is 5.32 Å². The number of aliphatic hydroxyl groups is 1. The van der Waals surface area contributed by atoms with Gasteiger partial charge in [-0.2, -0.15) is 0 Å². The molecule has 0 aliphatic rings. The fourth-order valence-electron chi connectivity index (χ4n) is 1.53. The third-order valence-corrected chi connectivity index (χ3v) is 2.67. The topological polar surface area (TPSA) is 58.6 Å². The Balaban J connectivity index is 2.42. The van der Waals surface area contributed by atoms with Gasteiger partial charge in [0.05, 0.1) is 19.3 Å². The van der Waals surface area contributed by atoms with Crippen LogP contribution in [-0.4, -0.2) is 30.3 Å². The number of aryl methyl sites for hydroxylation is 1. The first-order valence-electron chi connectivity index (χ1n) is 6.01. The van der Waals surface area contributed by atoms with Crippen molar-refractivity contribution in [3.8, 4) is 5.75 Å². The predicted octanol–water partition coefficient (Wildman–Crippen LogP) is 1.51. The van der Waals surface area contributed by atoms with Gasteiger partial charge in [0.25, 0.3) is 0 Å². The molecule has 0 fully saturated rings. The van der Waals surface area contributed by atoms with Crippen molar-refractivity contribution in [1.82, 2.24) is 5.32 Å². The summed E-state index contributed by atoms with van der Waals surface area (Å²) >= 11 is 0. The lowest BCUT2D eigenvalue weighted by Gasteiger charge is -2.23. The lowest BCUT2D eigenvalue weighted by molar-refractivity contribution is -0.123. The van der Waals surface area contributed by atoms with E-state index in [0.717, 1.165) is 11.3 Å². The Bertz CT molecular complexity index is 385. The van der Waals surface area contributed by atoms with Crippen molar-refractivity contribution in [1.29, 1.82) is 0 Å². The monoisotopic (exact) mass is 251 g/mol. The molecule has 0 spiro atoms. The quantitative estimate of drug-likeness (QED) is 0.806. The molecule has 2 N–H and O–H groups in total. The molecule has 100 valence electrons. The molecule has 0 unspecified atom stereocenters. The minimum atomic E-state index is -0.559. The highest BCUT2D eigenvalue weighted by Gasteiger charge is 2.18. The minimum Gasteiger partial charge on any atom is -0.497 e. The maximum atomic E-state index is 11.7. The Morgan fingerprint density at radius 2 is 1.94 bits per heavy atom. The Labute approximate surface area is 108 Å². The van der Waals surface area contributed by atoms with Crippen LogP contribution in [0.15, 0.2) is 24.3 Å². The molecule has 4 nitrogen and oxygen atoms in total. The van der Waals surface area contributed by atoms with Crippen LogP contribution in [-0.2, 0) is 11.2 Å². The SMILES string of the molecule is COc1ccc(CCC(=O)NC(C)(C)CO)cc1. The zero-order valence-corrected chi connectivity index (χ0v) is 11.2. The lowest BCUT2D eigenvalue weighted by atomic mass is 10.1. The van der Waals surface area contributed by atoms with Crippen molar-refractivity contribution in [3.63, 3.8) is 0 Å². The molecule has 1 aromatic rings. The number of carbonyl (C=O) groups is 1. The van der Waals surface area contributed by atoms with Gasteiger partial charge in [0.15, 0.2) is 0 Å². The summed E-state index contributed by atoms with van der Waals surface area (Å²) in [4.78, 5) is 11.7. The first kappa shape index (κ1) is 14.5. The minimum absolute atomic E-state index is 0.0510. The molecule has 1 aromatic carbocycles. The molecule has 0 radical (unpaired) electrons. The fraction of sp³-hybridized carbons (Fsp3) is 0.500. The summed E-state index contributed by atoms with van der Waals surface area (Å²) in [7, 11) is 1.62. The Morgan fingerprint density at radius 3 is 2.44 bits per heavy atom. The molecular formula is C14H21NO3. The van der Waals surface area contributed by atoms with Crippen LogP contribution >= 0.6 is 0 Å². The molecule has 0 atom stereocenters. The van der Waals surface area contributed by atoms with Crippen LogP contribution in [0.5, 0.6) is 5.75 Å². The molecule has 0 aliphatic carbocycles. The summed E-state index contributed by atoms with van der Waals surface area (Å²) < 4.78 is 5.07. The maximum Gasteiger partial charge on any atom is 0.220 e. The highest BCUT2D eigenvalue weighted by molar-refractivity contribution is 5.77. The molecule has 4 heteroatoms. The van der Waals surface area contributed by atoms with Gasteiger partial charge in [0, 0.05) is 6.42 Å². The third-order valence-electron chi connectivity index (χ3n) is 2.67. The van der Waals surface area contributed by atoms with E-state index in [0.29, 0.717) is 12.8 Å². The first-order chi connectivity index (χ1) is 8.46. The first-order valence-corrected chi connectivity index (χ1v) is 6.01. The molecule has 1 rings (SSSR count). The standard InChI is InChI=1S/C14H21NO3/c1-14(2,10-16)15-13(17)9-6-11-4-7-12(18-3)8-5-11/h4-5,7-8,16H,6,9-10H2,1-3H3,(H,15,17). The van der Waals surface area contributed by atoms with E-state index >= 15 is 0 Å². The van der Waals surface area contributed by atoms with Gasteiger partial charge in [-0.3, -0.25) is 4.79 Å². The Kier molecular flexibility index (Phi) is 5.16. The number of benzene rings is 1. The number of ether oxygens (including phenoxy) is 1. The van der Waals surface area contributed by atoms with Gasteiger partial charge in [-0.25, -0.2) is 0 Å².